The summed E-state index contributed by atoms with van der Waals surface area (Å²) in [6, 6.07) is 7.02. The molecule has 136 valence electrons. The molecule has 1 aromatic carbocycles. The van der Waals surface area contributed by atoms with Crippen molar-refractivity contribution in [3.63, 3.8) is 0 Å². The molecule has 1 aromatic heterocycles. The molecule has 0 radical (unpaired) electrons. The summed E-state index contributed by atoms with van der Waals surface area (Å²) in [6.07, 6.45) is 2.44. The second-order valence-corrected chi connectivity index (χ2v) is 10.5. The molecule has 1 aliphatic carbocycles. The van der Waals surface area contributed by atoms with Crippen LogP contribution in [0.1, 0.15) is 49.7 Å². The highest BCUT2D eigenvalue weighted by Crippen LogP contribution is 2.33. The number of benzene rings is 1. The van der Waals surface area contributed by atoms with Gasteiger partial charge in [0.1, 0.15) is 0 Å². The number of rotatable bonds is 4. The van der Waals surface area contributed by atoms with Gasteiger partial charge in [-0.05, 0) is 49.7 Å². The molecule has 0 atom stereocenters. The Balaban J connectivity index is 2.18. The summed E-state index contributed by atoms with van der Waals surface area (Å²) < 4.78 is 32.1. The van der Waals surface area contributed by atoms with Crippen LogP contribution in [-0.2, 0) is 22.0 Å². The van der Waals surface area contributed by atoms with Gasteiger partial charge in [-0.2, -0.15) is 8.42 Å². The van der Waals surface area contributed by atoms with Crippen LogP contribution < -0.4 is 4.80 Å². The van der Waals surface area contributed by atoms with Gasteiger partial charge in [0.2, 0.25) is 4.80 Å². The lowest BCUT2D eigenvalue weighted by molar-refractivity contribution is 0.562. The smallest absolute Gasteiger partial charge is 0.285 e. The van der Waals surface area contributed by atoms with E-state index in [4.69, 9.17) is 0 Å². The maximum atomic E-state index is 12.9. The molecule has 0 bridgehead atoms. The number of aryl methyl sites for hydroxylation is 1. The van der Waals surface area contributed by atoms with Crippen molar-refractivity contribution in [2.24, 2.45) is 10.3 Å². The van der Waals surface area contributed by atoms with Gasteiger partial charge in [-0.25, -0.2) is 0 Å². The van der Waals surface area contributed by atoms with Crippen LogP contribution in [0.2, 0.25) is 0 Å². The molecule has 1 aliphatic rings. The minimum absolute atomic E-state index is 0.0275. The Morgan fingerprint density at radius 2 is 1.84 bits per heavy atom. The first kappa shape index (κ1) is 18.4. The monoisotopic (exact) mass is 378 g/mol. The Morgan fingerprint density at radius 1 is 1.20 bits per heavy atom. The van der Waals surface area contributed by atoms with E-state index in [0.29, 0.717) is 10.7 Å². The molecule has 0 spiro atoms. The lowest BCUT2D eigenvalue weighted by atomic mass is 9.93. The Kier molecular flexibility index (Phi) is 4.71. The van der Waals surface area contributed by atoms with E-state index in [-0.39, 0.29) is 10.3 Å². The van der Waals surface area contributed by atoms with Crippen LogP contribution in [0.5, 0.6) is 0 Å². The minimum atomic E-state index is -3.72. The van der Waals surface area contributed by atoms with E-state index in [1.165, 1.54) is 29.1 Å². The Hall–Kier alpha value is -1.40. The molecule has 1 fully saturated rings. The first-order valence-corrected chi connectivity index (χ1v) is 10.9. The molecule has 2 aromatic rings. The molecule has 4 nitrogen and oxygen atoms in total. The van der Waals surface area contributed by atoms with Gasteiger partial charge >= 0.3 is 0 Å². The second kappa shape index (κ2) is 6.40. The predicted molar refractivity (Wildman–Crippen MR) is 102 cm³/mol. The van der Waals surface area contributed by atoms with E-state index in [9.17, 15) is 8.42 Å². The van der Waals surface area contributed by atoms with E-state index < -0.39 is 10.0 Å². The zero-order chi connectivity index (χ0) is 18.4. The van der Waals surface area contributed by atoms with Crippen molar-refractivity contribution < 1.29 is 8.42 Å². The summed E-state index contributed by atoms with van der Waals surface area (Å²) in [7, 11) is -3.72. The van der Waals surface area contributed by atoms with Crippen LogP contribution in [0.4, 0.5) is 0 Å². The molecule has 25 heavy (non-hydrogen) atoms. The largest absolute Gasteiger partial charge is 0.320 e. The topological polar surface area (TPSA) is 51.4 Å². The Labute approximate surface area is 154 Å². The predicted octanol–water partition coefficient (Wildman–Crippen LogP) is 4.16. The second-order valence-electron chi connectivity index (χ2n) is 7.94. The van der Waals surface area contributed by atoms with Crippen LogP contribution in [0.15, 0.2) is 33.6 Å². The lowest BCUT2D eigenvalue weighted by Crippen LogP contribution is -2.20. The van der Waals surface area contributed by atoms with Crippen molar-refractivity contribution in [2.75, 3.05) is 0 Å². The summed E-state index contributed by atoms with van der Waals surface area (Å²) in [4.78, 5) is 2.08. The number of thiazole rings is 1. The first-order chi connectivity index (χ1) is 11.6. The quantitative estimate of drug-likeness (QED) is 0.802. The van der Waals surface area contributed by atoms with Crippen LogP contribution in [0.25, 0.3) is 0 Å². The van der Waals surface area contributed by atoms with Crippen LogP contribution >= 0.6 is 11.3 Å². The third-order valence-corrected chi connectivity index (χ3v) is 7.70. The molecule has 3 rings (SSSR count). The Morgan fingerprint density at radius 3 is 2.40 bits per heavy atom. The molecule has 6 heteroatoms. The van der Waals surface area contributed by atoms with Gasteiger partial charge in [-0.15, -0.1) is 15.7 Å². The average molecular weight is 379 g/mol. The van der Waals surface area contributed by atoms with Crippen LogP contribution in [-0.4, -0.2) is 13.0 Å². The molecular weight excluding hydrogens is 352 g/mol. The number of hydrogen-bond donors (Lipinski definition) is 0. The maximum Gasteiger partial charge on any atom is 0.285 e. The summed E-state index contributed by atoms with van der Waals surface area (Å²) in [5.41, 5.74) is 1.84. The molecule has 1 saturated carbocycles. The van der Waals surface area contributed by atoms with Crippen molar-refractivity contribution in [3.8, 4) is 0 Å². The van der Waals surface area contributed by atoms with E-state index in [1.807, 2.05) is 6.07 Å². The molecule has 0 amide bonds. The first-order valence-electron chi connectivity index (χ1n) is 8.67. The SMILES string of the molecule is Cc1ccccc1S(=O)(=O)/N=c1\sc(C(C)(C)C)c(C)n1CC1CC1. The van der Waals surface area contributed by atoms with E-state index in [1.54, 1.807) is 25.1 Å². The van der Waals surface area contributed by atoms with Gasteiger partial charge < -0.3 is 4.57 Å². The van der Waals surface area contributed by atoms with Crippen molar-refractivity contribution in [2.45, 2.75) is 64.3 Å². The Bertz CT molecular complexity index is 956. The normalized spacial score (nSPS) is 16.4. The molecule has 0 unspecified atom stereocenters. The van der Waals surface area contributed by atoms with Gasteiger partial charge in [-0.1, -0.05) is 39.0 Å². The van der Waals surface area contributed by atoms with Crippen molar-refractivity contribution >= 4 is 21.4 Å². The fourth-order valence-electron chi connectivity index (χ4n) is 3.02. The van der Waals surface area contributed by atoms with Gasteiger partial charge in [0.15, 0.2) is 0 Å². The van der Waals surface area contributed by atoms with Crippen LogP contribution in [0, 0.1) is 19.8 Å². The number of aromatic nitrogens is 1. The van der Waals surface area contributed by atoms with Crippen LogP contribution in [0.3, 0.4) is 0 Å². The highest BCUT2D eigenvalue weighted by Gasteiger charge is 2.27. The van der Waals surface area contributed by atoms with Crippen molar-refractivity contribution in [1.82, 2.24) is 4.57 Å². The third kappa shape index (κ3) is 3.90. The highest BCUT2D eigenvalue weighted by molar-refractivity contribution is 7.90. The lowest BCUT2D eigenvalue weighted by Gasteiger charge is -2.17. The van der Waals surface area contributed by atoms with E-state index in [0.717, 1.165) is 17.8 Å². The zero-order valence-electron chi connectivity index (χ0n) is 15.5. The molecular formula is C19H26N2O2S2. The van der Waals surface area contributed by atoms with Crippen molar-refractivity contribution in [1.29, 1.82) is 0 Å². The van der Waals surface area contributed by atoms with Gasteiger partial charge in [0.05, 0.1) is 4.90 Å². The maximum absolute atomic E-state index is 12.9. The van der Waals surface area contributed by atoms with Crippen molar-refractivity contribution in [3.05, 3.63) is 45.2 Å². The van der Waals surface area contributed by atoms with E-state index >= 15 is 0 Å². The molecule has 0 aliphatic heterocycles. The number of sulfonamides is 1. The third-order valence-electron chi connectivity index (χ3n) is 4.55. The van der Waals surface area contributed by atoms with Gasteiger partial charge in [0, 0.05) is 17.1 Å². The minimum Gasteiger partial charge on any atom is -0.320 e. The fourth-order valence-corrected chi connectivity index (χ4v) is 5.66. The molecule has 0 saturated heterocycles. The zero-order valence-corrected chi connectivity index (χ0v) is 17.2. The summed E-state index contributed by atoms with van der Waals surface area (Å²) in [6.45, 7) is 11.2. The van der Waals surface area contributed by atoms with Gasteiger partial charge in [0.25, 0.3) is 10.0 Å². The molecule has 0 N–H and O–H groups in total. The summed E-state index contributed by atoms with van der Waals surface area (Å²) in [5.74, 6) is 0.654. The van der Waals surface area contributed by atoms with Gasteiger partial charge in [-0.3, -0.25) is 0 Å². The van der Waals surface area contributed by atoms with E-state index in [2.05, 4.69) is 36.7 Å². The fraction of sp³-hybridized carbons (Fsp3) is 0.526. The number of nitrogens with zero attached hydrogens (tertiary/aromatic N) is 2. The molecule has 1 heterocycles. The summed E-state index contributed by atoms with van der Waals surface area (Å²) in [5, 5.41) is 0. The summed E-state index contributed by atoms with van der Waals surface area (Å²) >= 11 is 1.51. The standard InChI is InChI=1S/C19H26N2O2S2/c1-13-8-6-7-9-16(13)25(22,23)20-18-21(12-15-10-11-15)14(2)17(24-18)19(3,4)5/h6-9,15H,10-12H2,1-5H3/b20-18-. The average Bonchev–Trinajstić information content (AvgIpc) is 3.26. The number of hydrogen-bond acceptors (Lipinski definition) is 3. The highest BCUT2D eigenvalue weighted by atomic mass is 32.2.